The van der Waals surface area contributed by atoms with E-state index in [1.54, 1.807) is 26.4 Å². The van der Waals surface area contributed by atoms with E-state index in [0.717, 1.165) is 105 Å². The molecule has 0 saturated carbocycles. The van der Waals surface area contributed by atoms with Crippen molar-refractivity contribution in [2.45, 2.75) is 78.1 Å². The van der Waals surface area contributed by atoms with Crippen LogP contribution in [0.1, 0.15) is 121 Å². The molecule has 10 heteroatoms. The van der Waals surface area contributed by atoms with Crippen LogP contribution in [0.3, 0.4) is 0 Å². The van der Waals surface area contributed by atoms with Crippen molar-refractivity contribution in [1.29, 1.82) is 10.5 Å². The van der Waals surface area contributed by atoms with E-state index in [4.69, 9.17) is 28.9 Å². The van der Waals surface area contributed by atoms with E-state index < -0.39 is 0 Å². The molecule has 0 N–H and O–H groups in total. The summed E-state index contributed by atoms with van der Waals surface area (Å²) in [4.78, 5) is 10.2. The zero-order chi connectivity index (χ0) is 52.6. The molecule has 9 rings (SSSR count). The van der Waals surface area contributed by atoms with Crippen molar-refractivity contribution in [3.63, 3.8) is 0 Å². The molecule has 0 spiro atoms. The smallest absolute Gasteiger partial charge is 0.137 e. The minimum atomic E-state index is 0.317. The lowest BCUT2D eigenvalue weighted by Crippen LogP contribution is -1.99. The Bertz CT molecular complexity index is 3460. The summed E-state index contributed by atoms with van der Waals surface area (Å²) in [6.07, 6.45) is 14.3. The van der Waals surface area contributed by atoms with E-state index in [1.807, 2.05) is 97.3 Å². The first-order chi connectivity index (χ1) is 37.4. The van der Waals surface area contributed by atoms with Crippen LogP contribution in [0, 0.1) is 46.3 Å². The van der Waals surface area contributed by atoms with E-state index in [2.05, 4.69) is 94.9 Å². The first kappa shape index (κ1) is 51.7. The number of ether oxygens (including phenoxy) is 4. The van der Waals surface area contributed by atoms with Crippen LogP contribution in [0.25, 0.3) is 33.8 Å². The SMILES string of the molecule is CCCCCCOc1ccc(-c2nc3ccc(C#Cc4cc(C#N)c(C#Cc5ccc6nc(-c7ccc(OCCCCCC)cc7)c(Cc7cccc(OC)c7)n6c5)cc4C#N)cn3c2Cc2cccc(OC)c2)cc1. The fourth-order valence-electron chi connectivity index (χ4n) is 9.21. The molecule has 0 aliphatic rings. The number of nitriles is 2. The number of benzene rings is 5. The Labute approximate surface area is 446 Å². The molecule has 0 bridgehead atoms. The van der Waals surface area contributed by atoms with Crippen LogP contribution in [0.15, 0.2) is 146 Å². The number of unbranched alkanes of at least 4 members (excludes halogenated alkanes) is 6. The molecule has 4 heterocycles. The van der Waals surface area contributed by atoms with Gasteiger partial charge < -0.3 is 27.7 Å². The minimum absolute atomic E-state index is 0.317. The van der Waals surface area contributed by atoms with Crippen LogP contribution in [-0.2, 0) is 12.8 Å². The van der Waals surface area contributed by atoms with Crippen molar-refractivity contribution in [3.05, 3.63) is 202 Å². The van der Waals surface area contributed by atoms with Crippen LogP contribution in [0.4, 0.5) is 0 Å². The molecule has 4 aromatic heterocycles. The van der Waals surface area contributed by atoms with E-state index in [0.29, 0.717) is 59.4 Å². The van der Waals surface area contributed by atoms with Crippen molar-refractivity contribution < 1.29 is 18.9 Å². The summed E-state index contributed by atoms with van der Waals surface area (Å²) in [7, 11) is 3.34. The standard InChI is InChI=1S/C66H60N6O4/c1-5-7-9-11-35-75-57-29-25-51(26-30-57)65-61(39-49-15-13-17-59(37-49)73-3)71-45-47(21-33-63(71)69-65)19-23-53-41-56(44-68)54(42-55(53)43-67)24-20-48-22-34-64-70-66(52-27-31-58(32-28-52)76-36-12-10-8-6-2)62(72(64)46-48)40-50-16-14-18-60(38-50)74-4/h13-18,21-22,25-34,37-38,41-42,45-46H,5-12,35-36,39-40H2,1-4H3. The van der Waals surface area contributed by atoms with E-state index in [-0.39, 0.29) is 0 Å². The molecule has 378 valence electrons. The molecule has 10 nitrogen and oxygen atoms in total. The summed E-state index contributed by atoms with van der Waals surface area (Å²) in [5.41, 5.74) is 12.2. The first-order valence-electron chi connectivity index (χ1n) is 26.1. The first-order valence-corrected chi connectivity index (χ1v) is 26.1. The van der Waals surface area contributed by atoms with Crippen molar-refractivity contribution in [2.24, 2.45) is 0 Å². The highest BCUT2D eigenvalue weighted by Crippen LogP contribution is 2.32. The zero-order valence-electron chi connectivity index (χ0n) is 43.7. The molecular weight excluding hydrogens is 941 g/mol. The Morgan fingerprint density at radius 2 is 0.882 bits per heavy atom. The van der Waals surface area contributed by atoms with Gasteiger partial charge in [-0.15, -0.1) is 0 Å². The van der Waals surface area contributed by atoms with Gasteiger partial charge in [-0.3, -0.25) is 0 Å². The third kappa shape index (κ3) is 12.6. The number of aromatic nitrogens is 4. The molecular formula is C66H60N6O4. The molecule has 0 radical (unpaired) electrons. The monoisotopic (exact) mass is 1000 g/mol. The lowest BCUT2D eigenvalue weighted by atomic mass is 9.99. The number of methoxy groups -OCH3 is 2. The Morgan fingerprint density at radius 1 is 0.447 bits per heavy atom. The summed E-state index contributed by atoms with van der Waals surface area (Å²) in [6.45, 7) is 5.80. The number of hydrogen-bond acceptors (Lipinski definition) is 8. The van der Waals surface area contributed by atoms with Gasteiger partial charge in [0.2, 0.25) is 0 Å². The van der Waals surface area contributed by atoms with Crippen molar-refractivity contribution in [1.82, 2.24) is 18.8 Å². The molecule has 9 aromatic rings. The number of nitrogens with zero attached hydrogens (tertiary/aromatic N) is 6. The van der Waals surface area contributed by atoms with Gasteiger partial charge in [0.1, 0.15) is 46.4 Å². The topological polar surface area (TPSA) is 119 Å². The van der Waals surface area contributed by atoms with Crippen molar-refractivity contribution in [3.8, 4) is 81.3 Å². The fraction of sp³-hybridized carbons (Fsp3) is 0.242. The molecule has 76 heavy (non-hydrogen) atoms. The maximum atomic E-state index is 10.4. The van der Waals surface area contributed by atoms with Crippen LogP contribution in [0.5, 0.6) is 23.0 Å². The Kier molecular flexibility index (Phi) is 17.1. The predicted octanol–water partition coefficient (Wildman–Crippen LogP) is 14.0. The molecule has 0 unspecified atom stereocenters. The van der Waals surface area contributed by atoms with Crippen LogP contribution in [0.2, 0.25) is 0 Å². The largest absolute Gasteiger partial charge is 0.497 e. The Morgan fingerprint density at radius 3 is 1.28 bits per heavy atom. The van der Waals surface area contributed by atoms with Gasteiger partial charge >= 0.3 is 0 Å². The van der Waals surface area contributed by atoms with Gasteiger partial charge in [-0.05, 0) is 133 Å². The highest BCUT2D eigenvalue weighted by Gasteiger charge is 2.18. The number of fused-ring (bicyclic) bond motifs is 2. The zero-order valence-corrected chi connectivity index (χ0v) is 43.7. The second kappa shape index (κ2) is 25.1. The normalized spacial score (nSPS) is 10.8. The highest BCUT2D eigenvalue weighted by molar-refractivity contribution is 5.70. The molecule has 0 atom stereocenters. The number of hydrogen-bond donors (Lipinski definition) is 0. The van der Waals surface area contributed by atoms with E-state index >= 15 is 0 Å². The highest BCUT2D eigenvalue weighted by atomic mass is 16.5. The van der Waals surface area contributed by atoms with Gasteiger partial charge in [-0.2, -0.15) is 10.5 Å². The lowest BCUT2D eigenvalue weighted by molar-refractivity contribution is 0.305. The van der Waals surface area contributed by atoms with Gasteiger partial charge in [0.05, 0.1) is 61.3 Å². The summed E-state index contributed by atoms with van der Waals surface area (Å²) in [6, 6.07) is 48.0. The predicted molar refractivity (Wildman–Crippen MR) is 300 cm³/mol. The van der Waals surface area contributed by atoms with Crippen LogP contribution >= 0.6 is 0 Å². The third-order valence-corrected chi connectivity index (χ3v) is 13.3. The minimum Gasteiger partial charge on any atom is -0.497 e. The maximum absolute atomic E-state index is 10.4. The third-order valence-electron chi connectivity index (χ3n) is 13.3. The molecule has 0 fully saturated rings. The van der Waals surface area contributed by atoms with Gasteiger partial charge in [0.15, 0.2) is 0 Å². The van der Waals surface area contributed by atoms with E-state index in [1.165, 1.54) is 25.7 Å². The second-order valence-electron chi connectivity index (χ2n) is 18.7. The lowest BCUT2D eigenvalue weighted by Gasteiger charge is -2.09. The van der Waals surface area contributed by atoms with E-state index in [9.17, 15) is 10.5 Å². The Hall–Kier alpha value is -9.22. The van der Waals surface area contributed by atoms with Gasteiger partial charge in [-0.1, -0.05) is 100 Å². The van der Waals surface area contributed by atoms with Crippen molar-refractivity contribution >= 4 is 11.3 Å². The summed E-state index contributed by atoms with van der Waals surface area (Å²) < 4.78 is 27.4. The van der Waals surface area contributed by atoms with Crippen LogP contribution in [-0.4, -0.2) is 46.2 Å². The summed E-state index contributed by atoms with van der Waals surface area (Å²) in [5.74, 6) is 16.2. The molecule has 0 aliphatic carbocycles. The second-order valence-corrected chi connectivity index (χ2v) is 18.7. The average Bonchev–Trinajstić information content (AvgIpc) is 4.03. The molecule has 5 aromatic carbocycles. The van der Waals surface area contributed by atoms with Gasteiger partial charge in [-0.25, -0.2) is 9.97 Å². The molecule has 0 aliphatic heterocycles. The Balaban J connectivity index is 1.00. The molecule has 0 amide bonds. The number of rotatable bonds is 20. The van der Waals surface area contributed by atoms with Gasteiger partial charge in [0.25, 0.3) is 0 Å². The summed E-state index contributed by atoms with van der Waals surface area (Å²) >= 11 is 0. The van der Waals surface area contributed by atoms with Gasteiger partial charge in [0, 0.05) is 58.6 Å². The molecule has 0 saturated heterocycles. The maximum Gasteiger partial charge on any atom is 0.137 e. The number of pyridine rings is 2. The fourth-order valence-corrected chi connectivity index (χ4v) is 9.21. The van der Waals surface area contributed by atoms with Crippen molar-refractivity contribution in [2.75, 3.05) is 27.4 Å². The van der Waals surface area contributed by atoms with Crippen LogP contribution < -0.4 is 18.9 Å². The number of imidazole rings is 2. The average molecular weight is 1000 g/mol. The summed E-state index contributed by atoms with van der Waals surface area (Å²) in [5, 5.41) is 20.8. The quantitative estimate of drug-likeness (QED) is 0.0547.